The lowest BCUT2D eigenvalue weighted by Crippen LogP contribution is -2.46. The van der Waals surface area contributed by atoms with Crippen LogP contribution in [0.25, 0.3) is 6.08 Å². The molecule has 1 aliphatic heterocycles. The maximum absolute atomic E-state index is 11.6. The van der Waals surface area contributed by atoms with Crippen molar-refractivity contribution in [3.05, 3.63) is 59.7 Å². The van der Waals surface area contributed by atoms with Crippen molar-refractivity contribution in [2.45, 2.75) is 84.0 Å². The number of nitriles is 1. The van der Waals surface area contributed by atoms with Crippen molar-refractivity contribution >= 4 is 29.1 Å². The zero-order chi connectivity index (χ0) is 29.8. The van der Waals surface area contributed by atoms with Crippen molar-refractivity contribution in [2.24, 2.45) is 10.2 Å². The number of methoxy groups -OCH3 is 1. The fraction of sp³-hybridized carbons (Fsp3) is 0.543. The summed E-state index contributed by atoms with van der Waals surface area (Å²) in [5, 5.41) is 17.8. The average molecular weight is 572 g/mol. The topological polar surface area (TPSA) is 81.3 Å². The van der Waals surface area contributed by atoms with E-state index >= 15 is 0 Å². The highest BCUT2D eigenvalue weighted by atomic mass is 16.5. The van der Waals surface area contributed by atoms with Gasteiger partial charge in [0.25, 0.3) is 0 Å². The van der Waals surface area contributed by atoms with Crippen LogP contribution in [0.15, 0.2) is 64.3 Å². The Kier molecular flexibility index (Phi) is 15.4. The summed E-state index contributed by atoms with van der Waals surface area (Å²) >= 11 is 0. The van der Waals surface area contributed by atoms with Crippen molar-refractivity contribution in [3.63, 3.8) is 0 Å². The van der Waals surface area contributed by atoms with E-state index in [-0.39, 0.29) is 5.57 Å². The molecular weight excluding hydrogens is 522 g/mol. The van der Waals surface area contributed by atoms with E-state index in [9.17, 15) is 4.79 Å². The van der Waals surface area contributed by atoms with Crippen LogP contribution >= 0.6 is 0 Å². The first-order valence-electron chi connectivity index (χ1n) is 15.9. The third-order valence-corrected chi connectivity index (χ3v) is 7.93. The zero-order valence-electron chi connectivity index (χ0n) is 25.8. The molecule has 0 bridgehead atoms. The molecule has 0 N–H and O–H groups in total. The second-order valence-electron chi connectivity index (χ2n) is 11.2. The number of nitrogens with zero attached hydrogens (tertiary/aromatic N) is 5. The third kappa shape index (κ3) is 12.2. The molecule has 2 aromatic rings. The third-order valence-electron chi connectivity index (χ3n) is 7.93. The van der Waals surface area contributed by atoms with Crippen LogP contribution in [-0.2, 0) is 9.53 Å². The first-order valence-corrected chi connectivity index (χ1v) is 15.9. The van der Waals surface area contributed by atoms with Gasteiger partial charge in [-0.25, -0.2) is 4.79 Å². The predicted molar refractivity (Wildman–Crippen MR) is 172 cm³/mol. The fourth-order valence-corrected chi connectivity index (χ4v) is 5.30. The van der Waals surface area contributed by atoms with Gasteiger partial charge < -0.3 is 9.64 Å². The molecule has 42 heavy (non-hydrogen) atoms. The number of hydrogen-bond donors (Lipinski definition) is 0. The molecule has 0 saturated carbocycles. The summed E-state index contributed by atoms with van der Waals surface area (Å²) in [5.41, 5.74) is 3.39. The molecule has 0 aliphatic carbocycles. The van der Waals surface area contributed by atoms with Gasteiger partial charge in [-0.15, -0.1) is 0 Å². The predicted octanol–water partition coefficient (Wildman–Crippen LogP) is 9.01. The minimum atomic E-state index is -0.651. The molecule has 1 fully saturated rings. The molecule has 0 aromatic heterocycles. The number of azo groups is 1. The minimum Gasteiger partial charge on any atom is -0.465 e. The van der Waals surface area contributed by atoms with Gasteiger partial charge in [0.15, 0.2) is 0 Å². The maximum Gasteiger partial charge on any atom is 0.348 e. The van der Waals surface area contributed by atoms with Gasteiger partial charge in [-0.1, -0.05) is 89.7 Å². The number of rotatable bonds is 18. The van der Waals surface area contributed by atoms with Gasteiger partial charge in [0.05, 0.1) is 18.5 Å². The van der Waals surface area contributed by atoms with Crippen LogP contribution in [-0.4, -0.2) is 50.7 Å². The summed E-state index contributed by atoms with van der Waals surface area (Å²) in [7, 11) is 1.25. The fourth-order valence-electron chi connectivity index (χ4n) is 5.30. The van der Waals surface area contributed by atoms with Crippen LogP contribution in [0.2, 0.25) is 0 Å². The summed E-state index contributed by atoms with van der Waals surface area (Å²) in [6.45, 7) is 7.88. The average Bonchev–Trinajstić information content (AvgIpc) is 3.04. The van der Waals surface area contributed by atoms with Crippen LogP contribution in [0.4, 0.5) is 17.1 Å². The van der Waals surface area contributed by atoms with Gasteiger partial charge in [-0.3, -0.25) is 4.90 Å². The molecule has 0 amide bonds. The number of piperazine rings is 1. The number of carbonyl (C=O) groups excluding carboxylic acids is 1. The summed E-state index contributed by atoms with van der Waals surface area (Å²) in [5.74, 6) is -0.651. The summed E-state index contributed by atoms with van der Waals surface area (Å²) in [6, 6.07) is 17.3. The lowest BCUT2D eigenvalue weighted by molar-refractivity contribution is -0.135. The molecule has 0 spiro atoms. The molecule has 3 rings (SSSR count). The molecule has 0 atom stereocenters. The highest BCUT2D eigenvalue weighted by Gasteiger charge is 2.16. The largest absolute Gasteiger partial charge is 0.465 e. The first-order chi connectivity index (χ1) is 20.6. The van der Waals surface area contributed by atoms with Crippen molar-refractivity contribution in [1.29, 1.82) is 5.26 Å². The smallest absolute Gasteiger partial charge is 0.348 e. The SMILES string of the molecule is CCCCCCCCCCCCCCN1CCN(c2ccc(N=Nc3ccc(/C=C(\C#N)C(=O)OC)cc3)cc2)CC1. The molecule has 1 saturated heterocycles. The normalized spacial score (nSPS) is 14.3. The Labute approximate surface area is 253 Å². The van der Waals surface area contributed by atoms with Crippen LogP contribution < -0.4 is 4.90 Å². The standard InChI is InChI=1S/C35H49N5O2/c1-3-4-5-6-7-8-9-10-11-12-13-14-23-39-24-26-40(27-25-39)34-21-19-33(20-22-34)38-37-32-17-15-30(16-18-32)28-31(29-36)35(41)42-2/h15-22,28H,3-14,23-27H2,1-2H3/b31-28+,38-37?. The number of ether oxygens (including phenoxy) is 1. The van der Waals surface area contributed by atoms with E-state index in [2.05, 4.69) is 43.8 Å². The van der Waals surface area contributed by atoms with Crippen LogP contribution in [0.5, 0.6) is 0 Å². The number of hydrogen-bond acceptors (Lipinski definition) is 7. The van der Waals surface area contributed by atoms with Crippen LogP contribution in [0, 0.1) is 11.3 Å². The molecule has 1 aliphatic rings. The van der Waals surface area contributed by atoms with Crippen LogP contribution in [0.1, 0.15) is 89.5 Å². The second-order valence-corrected chi connectivity index (χ2v) is 11.2. The molecule has 7 nitrogen and oxygen atoms in total. The Balaban J connectivity index is 1.30. The Hall–Kier alpha value is -3.50. The van der Waals surface area contributed by atoms with E-state index in [0.29, 0.717) is 5.69 Å². The minimum absolute atomic E-state index is 0.0482. The molecule has 2 aromatic carbocycles. The van der Waals surface area contributed by atoms with E-state index in [0.717, 1.165) is 37.4 Å². The van der Waals surface area contributed by atoms with Crippen molar-refractivity contribution < 1.29 is 9.53 Å². The van der Waals surface area contributed by atoms with E-state index in [1.807, 2.05) is 18.2 Å². The van der Waals surface area contributed by atoms with Gasteiger partial charge in [0, 0.05) is 31.9 Å². The van der Waals surface area contributed by atoms with Gasteiger partial charge in [-0.2, -0.15) is 15.5 Å². The van der Waals surface area contributed by atoms with E-state index in [1.54, 1.807) is 24.3 Å². The van der Waals surface area contributed by atoms with Gasteiger partial charge in [0.1, 0.15) is 11.6 Å². The zero-order valence-corrected chi connectivity index (χ0v) is 25.8. The summed E-state index contributed by atoms with van der Waals surface area (Å²) < 4.78 is 4.61. The molecule has 226 valence electrons. The Morgan fingerprint density at radius 1 is 0.786 bits per heavy atom. The second kappa shape index (κ2) is 19.6. The highest BCUT2D eigenvalue weighted by Crippen LogP contribution is 2.24. The monoisotopic (exact) mass is 571 g/mol. The molecule has 1 heterocycles. The van der Waals surface area contributed by atoms with E-state index < -0.39 is 5.97 Å². The Bertz CT molecular complexity index is 1140. The van der Waals surface area contributed by atoms with Gasteiger partial charge in [-0.05, 0) is 61.0 Å². The molecular formula is C35H49N5O2. The Morgan fingerprint density at radius 2 is 1.29 bits per heavy atom. The number of anilines is 1. The van der Waals surface area contributed by atoms with Crippen molar-refractivity contribution in [3.8, 4) is 6.07 Å². The van der Waals surface area contributed by atoms with Gasteiger partial charge >= 0.3 is 5.97 Å². The summed E-state index contributed by atoms with van der Waals surface area (Å²) in [6.07, 6.45) is 18.3. The lowest BCUT2D eigenvalue weighted by Gasteiger charge is -2.36. The molecule has 7 heteroatoms. The molecule has 0 unspecified atom stereocenters. The quantitative estimate of drug-likeness (QED) is 0.0586. The van der Waals surface area contributed by atoms with Crippen LogP contribution in [0.3, 0.4) is 0 Å². The number of esters is 1. The summed E-state index contributed by atoms with van der Waals surface area (Å²) in [4.78, 5) is 16.6. The lowest BCUT2D eigenvalue weighted by atomic mass is 10.1. The van der Waals surface area contributed by atoms with Crippen molar-refractivity contribution in [2.75, 3.05) is 44.7 Å². The number of carbonyl (C=O) groups is 1. The maximum atomic E-state index is 11.6. The van der Waals surface area contributed by atoms with E-state index in [1.165, 1.54) is 102 Å². The molecule has 0 radical (unpaired) electrons. The highest BCUT2D eigenvalue weighted by molar-refractivity contribution is 5.97. The number of unbranched alkanes of at least 4 members (excludes halogenated alkanes) is 11. The van der Waals surface area contributed by atoms with Gasteiger partial charge in [0.2, 0.25) is 0 Å². The first kappa shape index (κ1) is 33.0. The van der Waals surface area contributed by atoms with Crippen molar-refractivity contribution in [1.82, 2.24) is 4.90 Å². The Morgan fingerprint density at radius 3 is 1.79 bits per heavy atom. The van der Waals surface area contributed by atoms with E-state index in [4.69, 9.17) is 5.26 Å². The number of benzene rings is 2.